The molecule has 0 aromatic rings. The van der Waals surface area contributed by atoms with Crippen LogP contribution in [0.5, 0.6) is 0 Å². The first-order valence-electron chi connectivity index (χ1n) is 6.99. The Morgan fingerprint density at radius 3 is 2.25 bits per heavy atom. The molecule has 2 fully saturated rings. The van der Waals surface area contributed by atoms with Crippen molar-refractivity contribution in [2.75, 3.05) is 26.2 Å². The summed E-state index contributed by atoms with van der Waals surface area (Å²) in [6.07, 6.45) is -0.643. The Hall–Kier alpha value is -0.490. The lowest BCUT2D eigenvalue weighted by atomic mass is 10.3. The number of carbonyl (C=O) groups excluding carboxylic acids is 1. The van der Waals surface area contributed by atoms with Crippen LogP contribution in [0.4, 0.5) is 13.2 Å². The molecule has 0 radical (unpaired) electrons. The Morgan fingerprint density at radius 2 is 1.75 bits per heavy atom. The molecule has 2 rings (SSSR count). The Balaban J connectivity index is 0.00000200. The minimum absolute atomic E-state index is 0. The lowest BCUT2D eigenvalue weighted by Gasteiger charge is -2.23. The molecule has 3 nitrogen and oxygen atoms in total. The number of nitrogens with zero attached hydrogens (tertiary/aromatic N) is 1. The molecule has 118 valence electrons. The van der Waals surface area contributed by atoms with Crippen molar-refractivity contribution in [1.29, 1.82) is 0 Å². The Morgan fingerprint density at radius 1 is 1.15 bits per heavy atom. The van der Waals surface area contributed by atoms with E-state index in [0.717, 1.165) is 19.4 Å². The van der Waals surface area contributed by atoms with Gasteiger partial charge in [0.05, 0.1) is 13.0 Å². The van der Waals surface area contributed by atoms with Gasteiger partial charge in [0.2, 0.25) is 5.91 Å². The molecule has 0 aromatic carbocycles. The molecule has 0 atom stereocenters. The highest BCUT2D eigenvalue weighted by molar-refractivity contribution is 5.85. The average Bonchev–Trinajstić information content (AvgIpc) is 3.17. The van der Waals surface area contributed by atoms with Gasteiger partial charge in [0.1, 0.15) is 0 Å². The van der Waals surface area contributed by atoms with Gasteiger partial charge in [-0.2, -0.15) is 13.2 Å². The molecule has 0 aliphatic heterocycles. The SMILES string of the molecule is Cl.O=C(CNCC1CC1)N(CCC(F)(F)F)CC1CC1. The summed E-state index contributed by atoms with van der Waals surface area (Å²) in [6, 6.07) is 0. The average molecular weight is 315 g/mol. The van der Waals surface area contributed by atoms with E-state index in [0.29, 0.717) is 18.4 Å². The normalized spacial score (nSPS) is 18.6. The van der Waals surface area contributed by atoms with Gasteiger partial charge in [-0.05, 0) is 44.1 Å². The van der Waals surface area contributed by atoms with E-state index in [2.05, 4.69) is 5.32 Å². The summed E-state index contributed by atoms with van der Waals surface area (Å²) < 4.78 is 36.7. The van der Waals surface area contributed by atoms with E-state index in [1.807, 2.05) is 0 Å². The summed E-state index contributed by atoms with van der Waals surface area (Å²) >= 11 is 0. The molecule has 0 aromatic heterocycles. The smallest absolute Gasteiger partial charge is 0.341 e. The predicted octanol–water partition coefficient (Wildman–Crippen LogP) is 2.60. The molecular formula is C13H22ClF3N2O. The van der Waals surface area contributed by atoms with Crippen LogP contribution in [0.25, 0.3) is 0 Å². The van der Waals surface area contributed by atoms with Crippen LogP contribution in [0.2, 0.25) is 0 Å². The van der Waals surface area contributed by atoms with Crippen molar-refractivity contribution in [2.24, 2.45) is 11.8 Å². The van der Waals surface area contributed by atoms with Gasteiger partial charge >= 0.3 is 6.18 Å². The highest BCUT2D eigenvalue weighted by atomic mass is 35.5. The topological polar surface area (TPSA) is 32.3 Å². The second kappa shape index (κ2) is 7.50. The molecule has 20 heavy (non-hydrogen) atoms. The maximum atomic E-state index is 12.2. The van der Waals surface area contributed by atoms with Gasteiger partial charge in [-0.15, -0.1) is 12.4 Å². The first-order valence-corrected chi connectivity index (χ1v) is 6.99. The number of hydrogen-bond donors (Lipinski definition) is 1. The highest BCUT2D eigenvalue weighted by Crippen LogP contribution is 2.30. The number of halogens is 4. The zero-order valence-electron chi connectivity index (χ0n) is 11.4. The third-order valence-corrected chi connectivity index (χ3v) is 3.60. The molecule has 2 saturated carbocycles. The van der Waals surface area contributed by atoms with E-state index in [4.69, 9.17) is 0 Å². The number of nitrogens with one attached hydrogen (secondary N) is 1. The number of amides is 1. The van der Waals surface area contributed by atoms with Crippen LogP contribution in [0, 0.1) is 11.8 Å². The number of rotatable bonds is 8. The molecule has 0 unspecified atom stereocenters. The van der Waals surface area contributed by atoms with Gasteiger partial charge in [0.15, 0.2) is 0 Å². The van der Waals surface area contributed by atoms with Crippen LogP contribution in [-0.4, -0.2) is 43.2 Å². The minimum Gasteiger partial charge on any atom is -0.341 e. The van der Waals surface area contributed by atoms with E-state index in [9.17, 15) is 18.0 Å². The first kappa shape index (κ1) is 17.6. The molecule has 0 heterocycles. The van der Waals surface area contributed by atoms with E-state index in [1.165, 1.54) is 17.7 Å². The standard InChI is InChI=1S/C13H21F3N2O.ClH/c14-13(15,16)5-6-18(9-11-3-4-11)12(19)8-17-7-10-1-2-10;/h10-11,17H,1-9H2;1H. The molecule has 1 amide bonds. The van der Waals surface area contributed by atoms with Crippen molar-refractivity contribution in [3.05, 3.63) is 0 Å². The fourth-order valence-corrected chi connectivity index (χ4v) is 2.01. The summed E-state index contributed by atoms with van der Waals surface area (Å²) in [5, 5.41) is 3.05. The molecule has 2 aliphatic rings. The Labute approximate surface area is 123 Å². The van der Waals surface area contributed by atoms with Crippen LogP contribution in [0.15, 0.2) is 0 Å². The van der Waals surface area contributed by atoms with Crippen molar-refractivity contribution in [3.63, 3.8) is 0 Å². The second-order valence-electron chi connectivity index (χ2n) is 5.72. The van der Waals surface area contributed by atoms with Crippen LogP contribution in [-0.2, 0) is 4.79 Å². The third-order valence-electron chi connectivity index (χ3n) is 3.60. The van der Waals surface area contributed by atoms with E-state index in [1.54, 1.807) is 0 Å². The fourth-order valence-electron chi connectivity index (χ4n) is 2.01. The maximum absolute atomic E-state index is 12.2. The van der Waals surface area contributed by atoms with Crippen molar-refractivity contribution in [2.45, 2.75) is 38.3 Å². The number of hydrogen-bond acceptors (Lipinski definition) is 2. The van der Waals surface area contributed by atoms with Gasteiger partial charge in [-0.3, -0.25) is 4.79 Å². The van der Waals surface area contributed by atoms with Gasteiger partial charge in [-0.1, -0.05) is 0 Å². The maximum Gasteiger partial charge on any atom is 0.390 e. The molecule has 0 spiro atoms. The quantitative estimate of drug-likeness (QED) is 0.747. The van der Waals surface area contributed by atoms with Gasteiger partial charge in [-0.25, -0.2) is 0 Å². The Kier molecular flexibility index (Phi) is 6.58. The summed E-state index contributed by atoms with van der Waals surface area (Å²) in [7, 11) is 0. The predicted molar refractivity (Wildman–Crippen MR) is 72.8 cm³/mol. The van der Waals surface area contributed by atoms with Crippen molar-refractivity contribution >= 4 is 18.3 Å². The third kappa shape index (κ3) is 7.33. The zero-order chi connectivity index (χ0) is 13.9. The lowest BCUT2D eigenvalue weighted by molar-refractivity contribution is -0.145. The Bertz CT molecular complexity index is 317. The molecule has 7 heteroatoms. The van der Waals surface area contributed by atoms with E-state index >= 15 is 0 Å². The molecule has 2 aliphatic carbocycles. The van der Waals surface area contributed by atoms with Gasteiger partial charge < -0.3 is 10.2 Å². The fraction of sp³-hybridized carbons (Fsp3) is 0.923. The molecule has 1 N–H and O–H groups in total. The summed E-state index contributed by atoms with van der Waals surface area (Å²) in [4.78, 5) is 13.3. The largest absolute Gasteiger partial charge is 0.390 e. The van der Waals surface area contributed by atoms with Gasteiger partial charge in [0, 0.05) is 13.1 Å². The summed E-state index contributed by atoms with van der Waals surface area (Å²) in [6.45, 7) is 1.26. The van der Waals surface area contributed by atoms with Crippen molar-refractivity contribution in [1.82, 2.24) is 10.2 Å². The number of carbonyl (C=O) groups is 1. The monoisotopic (exact) mass is 314 g/mol. The van der Waals surface area contributed by atoms with Crippen LogP contribution < -0.4 is 5.32 Å². The van der Waals surface area contributed by atoms with Gasteiger partial charge in [0.25, 0.3) is 0 Å². The lowest BCUT2D eigenvalue weighted by Crippen LogP contribution is -2.41. The van der Waals surface area contributed by atoms with Crippen LogP contribution >= 0.6 is 12.4 Å². The number of alkyl halides is 3. The second-order valence-corrected chi connectivity index (χ2v) is 5.72. The molecular weight excluding hydrogens is 293 g/mol. The van der Waals surface area contributed by atoms with Crippen molar-refractivity contribution in [3.8, 4) is 0 Å². The summed E-state index contributed by atoms with van der Waals surface area (Å²) in [5.41, 5.74) is 0. The first-order chi connectivity index (χ1) is 8.94. The zero-order valence-corrected chi connectivity index (χ0v) is 12.2. The van der Waals surface area contributed by atoms with Crippen LogP contribution in [0.1, 0.15) is 32.1 Å². The molecule has 0 saturated heterocycles. The van der Waals surface area contributed by atoms with E-state index in [-0.39, 0.29) is 31.4 Å². The minimum atomic E-state index is -4.19. The van der Waals surface area contributed by atoms with Crippen molar-refractivity contribution < 1.29 is 18.0 Å². The molecule has 0 bridgehead atoms. The van der Waals surface area contributed by atoms with E-state index < -0.39 is 12.6 Å². The van der Waals surface area contributed by atoms with Crippen LogP contribution in [0.3, 0.4) is 0 Å². The summed E-state index contributed by atoms with van der Waals surface area (Å²) in [5.74, 6) is 0.886. The highest BCUT2D eigenvalue weighted by Gasteiger charge is 2.32.